The lowest BCUT2D eigenvalue weighted by Crippen LogP contribution is -2.15. The molecule has 4 aromatic carbocycles. The van der Waals surface area contributed by atoms with E-state index in [1.54, 1.807) is 16.8 Å². The summed E-state index contributed by atoms with van der Waals surface area (Å²) in [6.07, 6.45) is 0. The number of rotatable bonds is 7. The Kier molecular flexibility index (Phi) is 7.29. The maximum Gasteiger partial charge on any atom is 0.378 e. The summed E-state index contributed by atoms with van der Waals surface area (Å²) >= 11 is 3.45. The molecule has 0 amide bonds. The maximum absolute atomic E-state index is 12.9. The molecule has 0 N–H and O–H groups in total. The number of nitrogens with zero attached hydrogens (tertiary/aromatic N) is 3. The van der Waals surface area contributed by atoms with Gasteiger partial charge < -0.3 is 4.74 Å². The fraction of sp³-hybridized carbons (Fsp3) is 0.0968. The van der Waals surface area contributed by atoms with E-state index in [1.807, 2.05) is 98.8 Å². The van der Waals surface area contributed by atoms with E-state index in [4.69, 9.17) is 4.74 Å². The predicted octanol–water partition coefficient (Wildman–Crippen LogP) is 7.02. The van der Waals surface area contributed by atoms with Crippen molar-refractivity contribution in [1.82, 2.24) is 14.8 Å². The number of carbonyl (C=O) groups excluding carboxylic acids is 2. The first-order valence-corrected chi connectivity index (χ1v) is 12.8. The summed E-state index contributed by atoms with van der Waals surface area (Å²) < 4.78 is 7.90. The van der Waals surface area contributed by atoms with Crippen molar-refractivity contribution in [3.8, 4) is 28.2 Å². The van der Waals surface area contributed by atoms with E-state index >= 15 is 0 Å². The molecule has 0 fully saturated rings. The summed E-state index contributed by atoms with van der Waals surface area (Å²) in [5.41, 5.74) is 6.21. The van der Waals surface area contributed by atoms with Gasteiger partial charge >= 0.3 is 5.97 Å². The highest BCUT2D eigenvalue weighted by atomic mass is 79.9. The van der Waals surface area contributed by atoms with Crippen molar-refractivity contribution in [2.24, 2.45) is 0 Å². The monoisotopic (exact) mass is 565 g/mol. The molecule has 38 heavy (non-hydrogen) atoms. The molecule has 0 unspecified atom stereocenters. The van der Waals surface area contributed by atoms with Gasteiger partial charge in [0.2, 0.25) is 0 Å². The van der Waals surface area contributed by atoms with Gasteiger partial charge in [-0.15, -0.1) is 5.10 Å². The Bertz CT molecular complexity index is 1610. The van der Waals surface area contributed by atoms with E-state index in [0.717, 1.165) is 38.0 Å². The van der Waals surface area contributed by atoms with E-state index in [0.29, 0.717) is 11.4 Å². The Morgan fingerprint density at radius 3 is 2.16 bits per heavy atom. The molecular formula is C31H24BrN3O3. The summed E-state index contributed by atoms with van der Waals surface area (Å²) in [6.45, 7) is 3.59. The van der Waals surface area contributed by atoms with Crippen molar-refractivity contribution in [2.45, 2.75) is 13.8 Å². The minimum atomic E-state index is -0.763. The third-order valence-electron chi connectivity index (χ3n) is 6.12. The van der Waals surface area contributed by atoms with Crippen LogP contribution in [0.3, 0.4) is 0 Å². The normalized spacial score (nSPS) is 10.8. The lowest BCUT2D eigenvalue weighted by Gasteiger charge is -2.10. The van der Waals surface area contributed by atoms with Gasteiger partial charge in [-0.3, -0.25) is 4.79 Å². The van der Waals surface area contributed by atoms with Crippen LogP contribution >= 0.6 is 15.9 Å². The average Bonchev–Trinajstić information content (AvgIpc) is 3.38. The molecule has 0 spiro atoms. The third kappa shape index (κ3) is 5.48. The molecule has 0 aliphatic rings. The molecule has 5 rings (SSSR count). The standard InChI is InChI=1S/C31H24BrN3O3/c1-20-8-17-27(21(2)18-20)35-30(25-13-15-26(32)16-14-25)33-29(34-35)31(37)38-19-28(36)24-11-9-23(10-12-24)22-6-4-3-5-7-22/h3-18H,19H2,1-2H3. The van der Waals surface area contributed by atoms with Gasteiger partial charge in [0.05, 0.1) is 5.69 Å². The molecule has 0 radical (unpaired) electrons. The molecule has 0 aliphatic heterocycles. The molecule has 0 saturated heterocycles. The van der Waals surface area contributed by atoms with Crippen molar-refractivity contribution in [2.75, 3.05) is 6.61 Å². The van der Waals surface area contributed by atoms with Gasteiger partial charge in [-0.25, -0.2) is 14.5 Å². The first kappa shape index (κ1) is 25.3. The van der Waals surface area contributed by atoms with Crippen molar-refractivity contribution in [3.63, 3.8) is 0 Å². The number of hydrogen-bond acceptors (Lipinski definition) is 5. The number of aryl methyl sites for hydroxylation is 2. The van der Waals surface area contributed by atoms with Crippen molar-refractivity contribution < 1.29 is 14.3 Å². The van der Waals surface area contributed by atoms with E-state index in [2.05, 4.69) is 26.0 Å². The Hall–Kier alpha value is -4.36. The quantitative estimate of drug-likeness (QED) is 0.156. The fourth-order valence-corrected chi connectivity index (χ4v) is 4.42. The highest BCUT2D eigenvalue weighted by Gasteiger charge is 2.22. The Morgan fingerprint density at radius 2 is 1.47 bits per heavy atom. The molecule has 5 aromatic rings. The molecule has 6 nitrogen and oxygen atoms in total. The largest absolute Gasteiger partial charge is 0.451 e. The van der Waals surface area contributed by atoms with Crippen LogP contribution < -0.4 is 0 Å². The third-order valence-corrected chi connectivity index (χ3v) is 6.65. The molecule has 0 aliphatic carbocycles. The topological polar surface area (TPSA) is 74.1 Å². The lowest BCUT2D eigenvalue weighted by atomic mass is 10.0. The number of carbonyl (C=O) groups is 2. The first-order valence-electron chi connectivity index (χ1n) is 12.1. The summed E-state index contributed by atoms with van der Waals surface area (Å²) in [7, 11) is 0. The second kappa shape index (κ2) is 10.9. The van der Waals surface area contributed by atoms with Crippen molar-refractivity contribution in [1.29, 1.82) is 0 Å². The lowest BCUT2D eigenvalue weighted by molar-refractivity contribution is 0.0462. The predicted molar refractivity (Wildman–Crippen MR) is 150 cm³/mol. The molecule has 0 atom stereocenters. The van der Waals surface area contributed by atoms with Gasteiger partial charge in [-0.2, -0.15) is 0 Å². The van der Waals surface area contributed by atoms with E-state index < -0.39 is 12.6 Å². The Morgan fingerprint density at radius 1 is 0.816 bits per heavy atom. The number of benzene rings is 4. The Labute approximate surface area is 229 Å². The molecule has 1 heterocycles. The zero-order valence-electron chi connectivity index (χ0n) is 20.9. The smallest absolute Gasteiger partial charge is 0.378 e. The molecule has 1 aromatic heterocycles. The van der Waals surface area contributed by atoms with Crippen LogP contribution in [0.15, 0.2) is 102 Å². The summed E-state index contributed by atoms with van der Waals surface area (Å²) in [5, 5.41) is 4.47. The van der Waals surface area contributed by atoms with Gasteiger partial charge in [0, 0.05) is 15.6 Å². The minimum Gasteiger partial charge on any atom is -0.451 e. The zero-order chi connectivity index (χ0) is 26.6. The molecule has 188 valence electrons. The average molecular weight is 566 g/mol. The van der Waals surface area contributed by atoms with Crippen LogP contribution in [-0.2, 0) is 4.74 Å². The SMILES string of the molecule is Cc1ccc(-n2nc(C(=O)OCC(=O)c3ccc(-c4ccccc4)cc3)nc2-c2ccc(Br)cc2)c(C)c1. The molecular weight excluding hydrogens is 542 g/mol. The highest BCUT2D eigenvalue weighted by Crippen LogP contribution is 2.26. The number of Topliss-reactive ketones (excluding diaryl/α,β-unsaturated/α-hetero) is 1. The van der Waals surface area contributed by atoms with E-state index in [9.17, 15) is 9.59 Å². The number of ketones is 1. The highest BCUT2D eigenvalue weighted by molar-refractivity contribution is 9.10. The van der Waals surface area contributed by atoms with Gasteiger partial charge in [0.15, 0.2) is 18.2 Å². The maximum atomic E-state index is 12.9. The number of esters is 1. The van der Waals surface area contributed by atoms with Crippen molar-refractivity contribution >= 4 is 27.7 Å². The molecule has 0 bridgehead atoms. The second-order valence-corrected chi connectivity index (χ2v) is 9.83. The van der Waals surface area contributed by atoms with Crippen molar-refractivity contribution in [3.05, 3.63) is 124 Å². The Balaban J connectivity index is 1.36. The number of aromatic nitrogens is 3. The number of hydrogen-bond donors (Lipinski definition) is 0. The zero-order valence-corrected chi connectivity index (χ0v) is 22.5. The summed E-state index contributed by atoms with van der Waals surface area (Å²) in [4.78, 5) is 30.1. The number of ether oxygens (including phenoxy) is 1. The van der Waals surface area contributed by atoms with Gasteiger partial charge in [-0.05, 0) is 48.7 Å². The summed E-state index contributed by atoms with van der Waals surface area (Å²) in [6, 6.07) is 30.7. The number of halogens is 1. The first-order chi connectivity index (χ1) is 18.4. The molecule has 7 heteroatoms. The van der Waals surface area contributed by atoms with Crippen LogP contribution in [0.5, 0.6) is 0 Å². The van der Waals surface area contributed by atoms with Crippen LogP contribution in [-0.4, -0.2) is 33.1 Å². The van der Waals surface area contributed by atoms with Crippen LogP contribution in [0.1, 0.15) is 32.1 Å². The van der Waals surface area contributed by atoms with E-state index in [-0.39, 0.29) is 11.6 Å². The van der Waals surface area contributed by atoms with Crippen LogP contribution in [0, 0.1) is 13.8 Å². The van der Waals surface area contributed by atoms with Gasteiger partial charge in [0.25, 0.3) is 5.82 Å². The second-order valence-electron chi connectivity index (χ2n) is 8.91. The fourth-order valence-electron chi connectivity index (χ4n) is 4.15. The van der Waals surface area contributed by atoms with Crippen LogP contribution in [0.25, 0.3) is 28.2 Å². The summed E-state index contributed by atoms with van der Waals surface area (Å²) in [5.74, 6) is -0.685. The van der Waals surface area contributed by atoms with Gasteiger partial charge in [-0.1, -0.05) is 100 Å². The molecule has 0 saturated carbocycles. The van der Waals surface area contributed by atoms with Crippen LogP contribution in [0.2, 0.25) is 0 Å². The van der Waals surface area contributed by atoms with Gasteiger partial charge in [0.1, 0.15) is 0 Å². The van der Waals surface area contributed by atoms with E-state index in [1.165, 1.54) is 0 Å². The van der Waals surface area contributed by atoms with Crippen LogP contribution in [0.4, 0.5) is 0 Å². The minimum absolute atomic E-state index is 0.116.